The van der Waals surface area contributed by atoms with E-state index < -0.39 is 10.0 Å². The molecule has 0 spiro atoms. The van der Waals surface area contributed by atoms with Gasteiger partial charge in [0.2, 0.25) is 10.0 Å². The Labute approximate surface area is 114 Å². The van der Waals surface area contributed by atoms with Crippen molar-refractivity contribution < 1.29 is 13.2 Å². The summed E-state index contributed by atoms with van der Waals surface area (Å²) in [6.45, 7) is 2.76. The second-order valence-corrected chi connectivity index (χ2v) is 6.70. The lowest BCUT2D eigenvalue weighted by Gasteiger charge is -2.16. The molecule has 106 valence electrons. The Hall–Kier alpha value is -1.27. The number of nitrogens with one attached hydrogen (secondary N) is 2. The van der Waals surface area contributed by atoms with E-state index in [9.17, 15) is 8.42 Å². The van der Waals surface area contributed by atoms with Crippen LogP contribution in [0.15, 0.2) is 24.3 Å². The van der Waals surface area contributed by atoms with Gasteiger partial charge in [-0.25, -0.2) is 8.42 Å². The Bertz CT molecular complexity index is 530. The minimum Gasteiger partial charge on any atom is -0.381 e. The van der Waals surface area contributed by atoms with Crippen molar-refractivity contribution in [3.05, 3.63) is 24.3 Å². The molecule has 0 saturated carbocycles. The van der Waals surface area contributed by atoms with Crippen LogP contribution in [0.4, 0.5) is 11.4 Å². The minimum atomic E-state index is -3.27. The summed E-state index contributed by atoms with van der Waals surface area (Å²) in [6.07, 6.45) is 3.77. The summed E-state index contributed by atoms with van der Waals surface area (Å²) in [5.74, 6) is 0. The summed E-state index contributed by atoms with van der Waals surface area (Å²) in [5.41, 5.74) is 1.34. The van der Waals surface area contributed by atoms with Crippen LogP contribution in [0.1, 0.15) is 19.8 Å². The average molecular weight is 284 g/mol. The van der Waals surface area contributed by atoms with Crippen molar-refractivity contribution in [1.82, 2.24) is 0 Å². The predicted molar refractivity (Wildman–Crippen MR) is 77.0 cm³/mol. The molecule has 2 N–H and O–H groups in total. The molecule has 2 rings (SSSR count). The first-order valence-electron chi connectivity index (χ1n) is 6.40. The first kappa shape index (κ1) is 14.1. The molecule has 0 aromatic heterocycles. The van der Waals surface area contributed by atoms with Gasteiger partial charge in [-0.1, -0.05) is 12.1 Å². The lowest BCUT2D eigenvalue weighted by atomic mass is 10.2. The Morgan fingerprint density at radius 2 is 1.95 bits per heavy atom. The molecular weight excluding hydrogens is 264 g/mol. The number of hydrogen-bond acceptors (Lipinski definition) is 4. The summed E-state index contributed by atoms with van der Waals surface area (Å²) in [6, 6.07) is 7.26. The van der Waals surface area contributed by atoms with E-state index in [2.05, 4.69) is 17.0 Å². The number of ether oxygens (including phenoxy) is 1. The Balaban J connectivity index is 2.00. The summed E-state index contributed by atoms with van der Waals surface area (Å²) in [4.78, 5) is 0. The summed E-state index contributed by atoms with van der Waals surface area (Å²) < 4.78 is 30.8. The average Bonchev–Trinajstić information content (AvgIpc) is 2.72. The lowest BCUT2D eigenvalue weighted by molar-refractivity contribution is 0.0637. The van der Waals surface area contributed by atoms with Crippen LogP contribution >= 0.6 is 0 Å². The molecule has 2 atom stereocenters. The quantitative estimate of drug-likeness (QED) is 0.868. The van der Waals surface area contributed by atoms with Gasteiger partial charge < -0.3 is 10.1 Å². The monoisotopic (exact) mass is 284 g/mol. The molecule has 0 radical (unpaired) electrons. The molecule has 1 aromatic rings. The molecular formula is C13H20N2O3S. The third-order valence-corrected chi connectivity index (χ3v) is 3.65. The van der Waals surface area contributed by atoms with Crippen LogP contribution in [0.5, 0.6) is 0 Å². The molecule has 1 aliphatic heterocycles. The van der Waals surface area contributed by atoms with Crippen LogP contribution in [-0.4, -0.2) is 33.4 Å². The highest BCUT2D eigenvalue weighted by molar-refractivity contribution is 7.92. The Morgan fingerprint density at radius 3 is 2.53 bits per heavy atom. The first-order chi connectivity index (χ1) is 8.94. The van der Waals surface area contributed by atoms with Crippen LogP contribution < -0.4 is 10.0 Å². The van der Waals surface area contributed by atoms with Crippen molar-refractivity contribution in [2.24, 2.45) is 0 Å². The van der Waals surface area contributed by atoms with Crippen LogP contribution in [0.3, 0.4) is 0 Å². The van der Waals surface area contributed by atoms with E-state index in [0.29, 0.717) is 18.3 Å². The number of anilines is 2. The van der Waals surface area contributed by atoms with E-state index in [1.165, 1.54) is 0 Å². The van der Waals surface area contributed by atoms with E-state index in [1.54, 1.807) is 12.1 Å². The Morgan fingerprint density at radius 1 is 1.26 bits per heavy atom. The van der Waals surface area contributed by atoms with Crippen LogP contribution in [-0.2, 0) is 14.8 Å². The molecule has 2 unspecified atom stereocenters. The lowest BCUT2D eigenvalue weighted by Crippen LogP contribution is -2.20. The SMILES string of the molecule is CC1CCC(CNc2ccccc2NS(C)(=O)=O)O1. The fourth-order valence-corrected chi connectivity index (χ4v) is 2.76. The van der Waals surface area contributed by atoms with Crippen molar-refractivity contribution in [3.63, 3.8) is 0 Å². The summed E-state index contributed by atoms with van der Waals surface area (Å²) in [7, 11) is -3.27. The standard InChI is InChI=1S/C13H20N2O3S/c1-10-7-8-11(18-10)9-14-12-5-3-4-6-13(12)15-19(2,16)17/h3-6,10-11,14-15H,7-9H2,1-2H3. The first-order valence-corrected chi connectivity index (χ1v) is 8.29. The molecule has 0 aliphatic carbocycles. The number of sulfonamides is 1. The molecule has 1 aromatic carbocycles. The van der Waals surface area contributed by atoms with Gasteiger partial charge in [-0.05, 0) is 31.9 Å². The van der Waals surface area contributed by atoms with Crippen LogP contribution in [0, 0.1) is 0 Å². The molecule has 1 heterocycles. The number of rotatable bonds is 5. The molecule has 1 fully saturated rings. The maximum absolute atomic E-state index is 11.3. The van der Waals surface area contributed by atoms with E-state index in [-0.39, 0.29) is 6.10 Å². The van der Waals surface area contributed by atoms with Gasteiger partial charge in [0.25, 0.3) is 0 Å². The highest BCUT2D eigenvalue weighted by atomic mass is 32.2. The van der Waals surface area contributed by atoms with Gasteiger partial charge in [0.05, 0.1) is 29.8 Å². The molecule has 6 heteroatoms. The topological polar surface area (TPSA) is 67.4 Å². The number of para-hydroxylation sites is 2. The van der Waals surface area contributed by atoms with Gasteiger partial charge in [-0.3, -0.25) is 4.72 Å². The van der Waals surface area contributed by atoms with Gasteiger partial charge in [-0.15, -0.1) is 0 Å². The molecule has 1 saturated heterocycles. The zero-order valence-corrected chi connectivity index (χ0v) is 12.0. The van der Waals surface area contributed by atoms with E-state index >= 15 is 0 Å². The van der Waals surface area contributed by atoms with E-state index in [4.69, 9.17) is 4.74 Å². The third-order valence-electron chi connectivity index (χ3n) is 3.06. The van der Waals surface area contributed by atoms with Crippen LogP contribution in [0.2, 0.25) is 0 Å². The van der Waals surface area contributed by atoms with Crippen molar-refractivity contribution in [3.8, 4) is 0 Å². The molecule has 1 aliphatic rings. The van der Waals surface area contributed by atoms with Crippen molar-refractivity contribution in [2.75, 3.05) is 22.8 Å². The van der Waals surface area contributed by atoms with Crippen molar-refractivity contribution in [1.29, 1.82) is 0 Å². The maximum Gasteiger partial charge on any atom is 0.229 e. The van der Waals surface area contributed by atoms with Crippen LogP contribution in [0.25, 0.3) is 0 Å². The Kier molecular flexibility index (Phi) is 4.31. The zero-order chi connectivity index (χ0) is 13.9. The van der Waals surface area contributed by atoms with Crippen molar-refractivity contribution in [2.45, 2.75) is 32.0 Å². The van der Waals surface area contributed by atoms with Gasteiger partial charge in [0.15, 0.2) is 0 Å². The fraction of sp³-hybridized carbons (Fsp3) is 0.538. The maximum atomic E-state index is 11.3. The zero-order valence-electron chi connectivity index (χ0n) is 11.2. The highest BCUT2D eigenvalue weighted by Crippen LogP contribution is 2.24. The predicted octanol–water partition coefficient (Wildman–Crippen LogP) is 2.04. The van der Waals surface area contributed by atoms with Gasteiger partial charge in [0.1, 0.15) is 0 Å². The van der Waals surface area contributed by atoms with Crippen molar-refractivity contribution >= 4 is 21.4 Å². The molecule has 0 amide bonds. The van der Waals surface area contributed by atoms with Gasteiger partial charge in [-0.2, -0.15) is 0 Å². The second kappa shape index (κ2) is 5.79. The number of hydrogen-bond donors (Lipinski definition) is 2. The van der Waals surface area contributed by atoms with Gasteiger partial charge in [0, 0.05) is 6.54 Å². The van der Waals surface area contributed by atoms with Gasteiger partial charge >= 0.3 is 0 Å². The smallest absolute Gasteiger partial charge is 0.229 e. The largest absolute Gasteiger partial charge is 0.381 e. The third kappa shape index (κ3) is 4.40. The highest BCUT2D eigenvalue weighted by Gasteiger charge is 2.21. The molecule has 0 bridgehead atoms. The minimum absolute atomic E-state index is 0.196. The fourth-order valence-electron chi connectivity index (χ4n) is 2.19. The van der Waals surface area contributed by atoms with E-state index in [1.807, 2.05) is 12.1 Å². The number of benzene rings is 1. The molecule has 5 nitrogen and oxygen atoms in total. The normalized spacial score (nSPS) is 23.3. The summed E-state index contributed by atoms with van der Waals surface area (Å²) >= 11 is 0. The van der Waals surface area contributed by atoms with E-state index in [0.717, 1.165) is 24.8 Å². The molecule has 19 heavy (non-hydrogen) atoms. The second-order valence-electron chi connectivity index (χ2n) is 4.95. The summed E-state index contributed by atoms with van der Waals surface area (Å²) in [5, 5.41) is 3.25.